The van der Waals surface area contributed by atoms with E-state index in [-0.39, 0.29) is 21.8 Å². The number of nitrogens with zero attached hydrogens (tertiary/aromatic N) is 1. The van der Waals surface area contributed by atoms with Gasteiger partial charge in [0.05, 0.1) is 5.56 Å². The van der Waals surface area contributed by atoms with Crippen LogP contribution in [0.3, 0.4) is 0 Å². The highest BCUT2D eigenvalue weighted by atomic mass is 79.9. The maximum Gasteiger partial charge on any atom is 0.416 e. The summed E-state index contributed by atoms with van der Waals surface area (Å²) in [4.78, 5) is 18.8. The van der Waals surface area contributed by atoms with Crippen molar-refractivity contribution in [1.82, 2.24) is 4.98 Å². The summed E-state index contributed by atoms with van der Waals surface area (Å²) in [6.07, 6.45) is -6.06. The number of benzene rings is 2. The minimum absolute atomic E-state index is 0.0404. The molecule has 34 heavy (non-hydrogen) atoms. The van der Waals surface area contributed by atoms with Crippen LogP contribution < -0.4 is 10.5 Å². The van der Waals surface area contributed by atoms with Gasteiger partial charge in [-0.15, -0.1) is 0 Å². The van der Waals surface area contributed by atoms with Gasteiger partial charge < -0.3 is 14.9 Å². The van der Waals surface area contributed by atoms with E-state index >= 15 is 0 Å². The molecular weight excluding hydrogens is 538 g/mol. The minimum atomic E-state index is -4.54. The number of nitrogens with two attached hydrogens (primary N) is 1. The third-order valence-electron chi connectivity index (χ3n) is 4.15. The van der Waals surface area contributed by atoms with Gasteiger partial charge in [-0.3, -0.25) is 4.79 Å². The Balaban J connectivity index is 0.00000199. The zero-order valence-electron chi connectivity index (χ0n) is 17.6. The van der Waals surface area contributed by atoms with Crippen LogP contribution in [0.15, 0.2) is 45.5 Å². The van der Waals surface area contributed by atoms with Crippen molar-refractivity contribution in [1.29, 1.82) is 0 Å². The molecule has 0 bridgehead atoms. The maximum absolute atomic E-state index is 14.4. The lowest BCUT2D eigenvalue weighted by atomic mass is 10.1. The second-order valence-corrected chi connectivity index (χ2v) is 6.95. The summed E-state index contributed by atoms with van der Waals surface area (Å²) in [5.41, 5.74) is 3.24. The topological polar surface area (TPSA) is 87.6 Å². The van der Waals surface area contributed by atoms with E-state index in [0.717, 1.165) is 30.3 Å². The molecule has 6 nitrogen and oxygen atoms in total. The highest BCUT2D eigenvalue weighted by Gasteiger charge is 2.31. The van der Waals surface area contributed by atoms with Crippen LogP contribution in [0.1, 0.15) is 41.8 Å². The van der Waals surface area contributed by atoms with Crippen LogP contribution in [0.25, 0.3) is 11.3 Å². The molecule has 0 aliphatic rings. The summed E-state index contributed by atoms with van der Waals surface area (Å²) in [7, 11) is 0. The van der Waals surface area contributed by atoms with Gasteiger partial charge in [-0.1, -0.05) is 26.0 Å². The molecule has 0 radical (unpaired) electrons. The molecule has 0 saturated heterocycles. The van der Waals surface area contributed by atoms with E-state index in [0.29, 0.717) is 6.07 Å². The van der Waals surface area contributed by atoms with E-state index in [4.69, 9.17) is 14.9 Å². The fourth-order valence-electron chi connectivity index (χ4n) is 2.67. The Morgan fingerprint density at radius 1 is 1.15 bits per heavy atom. The Kier molecular flexibility index (Phi) is 9.10. The summed E-state index contributed by atoms with van der Waals surface area (Å²) in [5.74, 6) is -5.09. The lowest BCUT2D eigenvalue weighted by Gasteiger charge is -2.15. The van der Waals surface area contributed by atoms with E-state index in [1.54, 1.807) is 0 Å². The molecule has 0 fully saturated rings. The van der Waals surface area contributed by atoms with Crippen molar-refractivity contribution in [3.8, 4) is 17.0 Å². The van der Waals surface area contributed by atoms with Crippen molar-refractivity contribution >= 4 is 21.8 Å². The number of primary amides is 1. The molecule has 0 spiro atoms. The molecule has 1 heterocycles. The van der Waals surface area contributed by atoms with Crippen LogP contribution in [-0.4, -0.2) is 17.5 Å². The molecular formula is C21H17BrF6N2O4. The van der Waals surface area contributed by atoms with Crippen LogP contribution in [0.2, 0.25) is 0 Å². The number of alkyl halides is 3. The average molecular weight is 555 g/mol. The lowest BCUT2D eigenvalue weighted by molar-refractivity contribution is -0.157. The fraction of sp³-hybridized carbons (Fsp3) is 0.238. The number of hydrogen-bond donors (Lipinski definition) is 1. The second kappa shape index (κ2) is 11.4. The first-order valence-electron chi connectivity index (χ1n) is 9.54. The summed E-state index contributed by atoms with van der Waals surface area (Å²) in [5, 5.41) is 0. The number of hydrogen-bond acceptors (Lipinski definition) is 5. The van der Waals surface area contributed by atoms with Gasteiger partial charge in [0.25, 0.3) is 5.91 Å². The highest BCUT2D eigenvalue weighted by Crippen LogP contribution is 2.35. The van der Waals surface area contributed by atoms with Gasteiger partial charge in [0.1, 0.15) is 23.7 Å². The molecule has 1 amide bonds. The number of rotatable bonds is 7. The molecule has 2 aromatic carbocycles. The van der Waals surface area contributed by atoms with Crippen molar-refractivity contribution < 1.29 is 45.4 Å². The molecule has 1 unspecified atom stereocenters. The van der Waals surface area contributed by atoms with E-state index in [9.17, 15) is 31.3 Å². The number of ether oxygens (including phenoxy) is 1. The van der Waals surface area contributed by atoms with Crippen molar-refractivity contribution in [2.24, 2.45) is 5.73 Å². The zero-order valence-corrected chi connectivity index (χ0v) is 19.1. The standard InChI is InChI=1S/C19H11BrF6N2O4.C2H6/c20-16-15(8-1-3-9(4-2-8)19(23,24)25)28-18(32-16)12(7-30-26)31-11-6-5-10(21)13(14(11)22)17(27)29;1-2/h1-6,12H,7H2,(H2,27,29);1-2H3. The van der Waals surface area contributed by atoms with Gasteiger partial charge in [-0.05, 0) is 44.7 Å². The summed E-state index contributed by atoms with van der Waals surface area (Å²) in [6.45, 7) is 3.14. The van der Waals surface area contributed by atoms with E-state index < -0.39 is 53.3 Å². The normalized spacial score (nSPS) is 12.0. The van der Waals surface area contributed by atoms with Gasteiger partial charge >= 0.3 is 6.18 Å². The van der Waals surface area contributed by atoms with E-state index in [2.05, 4.69) is 25.9 Å². The van der Waals surface area contributed by atoms with Crippen molar-refractivity contribution in [3.63, 3.8) is 0 Å². The molecule has 0 saturated carbocycles. The van der Waals surface area contributed by atoms with Crippen LogP contribution >= 0.6 is 15.9 Å². The van der Waals surface area contributed by atoms with Gasteiger partial charge in [0.2, 0.25) is 12.0 Å². The molecule has 1 aromatic heterocycles. The largest absolute Gasteiger partial charge is 0.475 e. The molecule has 0 aliphatic carbocycles. The Bertz CT molecular complexity index is 1140. The van der Waals surface area contributed by atoms with Crippen LogP contribution in [0.4, 0.5) is 26.5 Å². The predicted octanol–water partition coefficient (Wildman–Crippen LogP) is 6.55. The first-order valence-corrected chi connectivity index (χ1v) is 10.3. The predicted molar refractivity (Wildman–Crippen MR) is 111 cm³/mol. The number of oxazole rings is 1. The number of halogens is 7. The minimum Gasteiger partial charge on any atom is -0.475 e. The van der Waals surface area contributed by atoms with Crippen molar-refractivity contribution in [3.05, 3.63) is 69.7 Å². The van der Waals surface area contributed by atoms with E-state index in [1.807, 2.05) is 13.8 Å². The fourth-order valence-corrected chi connectivity index (χ4v) is 3.15. The Morgan fingerprint density at radius 3 is 2.29 bits per heavy atom. The number of carbonyl (C=O) groups excluding carboxylic acids is 1. The highest BCUT2D eigenvalue weighted by molar-refractivity contribution is 9.10. The van der Waals surface area contributed by atoms with Gasteiger partial charge in [0.15, 0.2) is 16.2 Å². The zero-order chi connectivity index (χ0) is 25.6. The van der Waals surface area contributed by atoms with Crippen LogP contribution in [-0.2, 0) is 11.1 Å². The van der Waals surface area contributed by atoms with Crippen LogP contribution in [0.5, 0.6) is 5.75 Å². The van der Waals surface area contributed by atoms with Gasteiger partial charge in [-0.25, -0.2) is 13.8 Å². The number of aromatic nitrogens is 1. The number of carbonyl (C=O) groups is 1. The smallest absolute Gasteiger partial charge is 0.416 e. The Labute approximate surface area is 197 Å². The Hall–Kier alpha value is -3.06. The molecule has 184 valence electrons. The lowest BCUT2D eigenvalue weighted by Crippen LogP contribution is -2.18. The molecule has 13 heteroatoms. The average Bonchev–Trinajstić information content (AvgIpc) is 3.17. The molecule has 3 rings (SSSR count). The monoisotopic (exact) mass is 554 g/mol. The molecule has 2 N–H and O–H groups in total. The molecule has 0 aliphatic heterocycles. The van der Waals surface area contributed by atoms with E-state index in [1.165, 1.54) is 0 Å². The number of amides is 1. The quantitative estimate of drug-likeness (QED) is 0.335. The van der Waals surface area contributed by atoms with Gasteiger partial charge in [-0.2, -0.15) is 18.1 Å². The van der Waals surface area contributed by atoms with Crippen LogP contribution in [0, 0.1) is 11.6 Å². The third-order valence-corrected chi connectivity index (χ3v) is 4.69. The van der Waals surface area contributed by atoms with Crippen molar-refractivity contribution in [2.45, 2.75) is 26.1 Å². The third kappa shape index (κ3) is 6.08. The maximum atomic E-state index is 14.4. The molecule has 1 atom stereocenters. The second-order valence-electron chi connectivity index (χ2n) is 6.23. The first-order chi connectivity index (χ1) is 16.0. The van der Waals surface area contributed by atoms with Gasteiger partial charge in [0, 0.05) is 5.56 Å². The Morgan fingerprint density at radius 2 is 1.76 bits per heavy atom. The first kappa shape index (κ1) is 27.2. The SMILES string of the molecule is CC.NC(=O)c1c(F)ccc(OC(COF)c2nc(-c3ccc(C(F)(F)F)cc3)c(Br)o2)c1F. The summed E-state index contributed by atoms with van der Waals surface area (Å²) >= 11 is 3.05. The van der Waals surface area contributed by atoms with Crippen molar-refractivity contribution in [2.75, 3.05) is 6.61 Å². The molecule has 3 aromatic rings. The summed E-state index contributed by atoms with van der Waals surface area (Å²) in [6, 6.07) is 5.47. The summed E-state index contributed by atoms with van der Waals surface area (Å²) < 4.78 is 89.4.